The predicted octanol–water partition coefficient (Wildman–Crippen LogP) is 3.83. The van der Waals surface area contributed by atoms with Gasteiger partial charge in [-0.1, -0.05) is 29.8 Å². The van der Waals surface area contributed by atoms with Crippen LogP contribution in [0.4, 0.5) is 0 Å². The molecule has 4 nitrogen and oxygen atoms in total. The molecule has 0 bridgehead atoms. The number of halogens is 1. The van der Waals surface area contributed by atoms with E-state index in [1.807, 2.05) is 38.5 Å². The molecule has 3 aromatic rings. The normalized spacial score (nSPS) is 12.2. The van der Waals surface area contributed by atoms with Crippen molar-refractivity contribution in [3.63, 3.8) is 0 Å². The van der Waals surface area contributed by atoms with Gasteiger partial charge in [0.2, 0.25) is 0 Å². The van der Waals surface area contributed by atoms with E-state index in [1.165, 1.54) is 0 Å². The summed E-state index contributed by atoms with van der Waals surface area (Å²) in [4.78, 5) is 2.44. The lowest BCUT2D eigenvalue weighted by atomic mass is 10.1. The van der Waals surface area contributed by atoms with Gasteiger partial charge in [-0.15, -0.1) is 0 Å². The first-order valence-electron chi connectivity index (χ1n) is 8.06. The highest BCUT2D eigenvalue weighted by Crippen LogP contribution is 2.27. The van der Waals surface area contributed by atoms with Gasteiger partial charge < -0.3 is 9.47 Å². The molecule has 0 amide bonds. The first kappa shape index (κ1) is 18.0. The maximum Gasteiger partial charge on any atom is 0.196 e. The molecule has 1 heterocycles. The van der Waals surface area contributed by atoms with E-state index in [9.17, 15) is 8.42 Å². The average Bonchev–Trinajstić information content (AvgIpc) is 2.90. The van der Waals surface area contributed by atoms with Crippen LogP contribution in [0, 0.1) is 0 Å². The van der Waals surface area contributed by atoms with Crippen LogP contribution in [0.3, 0.4) is 0 Å². The average molecular weight is 377 g/mol. The summed E-state index contributed by atoms with van der Waals surface area (Å²) in [6.07, 6.45) is 2.77. The number of hydrogen-bond acceptors (Lipinski definition) is 3. The fourth-order valence-corrected chi connectivity index (χ4v) is 4.35. The Morgan fingerprint density at radius 3 is 2.48 bits per heavy atom. The van der Waals surface area contributed by atoms with Crippen molar-refractivity contribution in [1.82, 2.24) is 9.47 Å². The van der Waals surface area contributed by atoms with Gasteiger partial charge in [0.15, 0.2) is 9.84 Å². The highest BCUT2D eigenvalue weighted by Gasteiger charge is 2.18. The number of sulfone groups is 1. The molecule has 0 saturated heterocycles. The molecule has 0 aliphatic rings. The second-order valence-electron chi connectivity index (χ2n) is 6.40. The Labute approximate surface area is 153 Å². The highest BCUT2D eigenvalue weighted by atomic mass is 35.5. The van der Waals surface area contributed by atoms with Crippen LogP contribution in [0.1, 0.15) is 5.56 Å². The summed E-state index contributed by atoms with van der Waals surface area (Å²) in [7, 11) is 0.626. The van der Waals surface area contributed by atoms with E-state index in [2.05, 4.69) is 4.90 Å². The molecule has 0 aliphatic carbocycles. The van der Waals surface area contributed by atoms with Crippen molar-refractivity contribution >= 4 is 32.3 Å². The van der Waals surface area contributed by atoms with Crippen LogP contribution < -0.4 is 0 Å². The van der Waals surface area contributed by atoms with E-state index >= 15 is 0 Å². The first-order valence-corrected chi connectivity index (χ1v) is 10.1. The largest absolute Gasteiger partial charge is 0.332 e. The molecule has 0 atom stereocenters. The molecule has 0 spiro atoms. The molecular weight excluding hydrogens is 356 g/mol. The Hall–Kier alpha value is -1.82. The number of aromatic nitrogens is 1. The van der Waals surface area contributed by atoms with Crippen LogP contribution in [-0.4, -0.2) is 38.5 Å². The van der Waals surface area contributed by atoms with E-state index in [0.717, 1.165) is 29.4 Å². The quantitative estimate of drug-likeness (QED) is 0.656. The molecule has 0 aliphatic heterocycles. The number of hydrogen-bond donors (Lipinski definition) is 0. The molecule has 6 heteroatoms. The Morgan fingerprint density at radius 1 is 1.08 bits per heavy atom. The Kier molecular flexibility index (Phi) is 5.18. The summed E-state index contributed by atoms with van der Waals surface area (Å²) >= 11 is 6.15. The smallest absolute Gasteiger partial charge is 0.196 e. The van der Waals surface area contributed by atoms with Crippen molar-refractivity contribution in [1.29, 1.82) is 0 Å². The van der Waals surface area contributed by atoms with Gasteiger partial charge in [-0.3, -0.25) is 0 Å². The molecule has 1 aromatic heterocycles. The number of fused-ring (bicyclic) bond motifs is 1. The topological polar surface area (TPSA) is 42.3 Å². The second kappa shape index (κ2) is 7.20. The minimum atomic E-state index is -3.41. The molecule has 132 valence electrons. The molecule has 0 saturated carbocycles. The lowest BCUT2D eigenvalue weighted by Gasteiger charge is -2.08. The monoisotopic (exact) mass is 376 g/mol. The van der Waals surface area contributed by atoms with Gasteiger partial charge in [0.25, 0.3) is 0 Å². The van der Waals surface area contributed by atoms with E-state index in [4.69, 9.17) is 11.6 Å². The molecule has 0 radical (unpaired) electrons. The molecular formula is C19H21ClN2O2S. The Bertz CT molecular complexity index is 979. The summed E-state index contributed by atoms with van der Waals surface area (Å²) < 4.78 is 27.3. The number of rotatable bonds is 6. The Balaban J connectivity index is 2.01. The molecule has 0 unspecified atom stereocenters. The van der Waals surface area contributed by atoms with Crippen LogP contribution in [-0.2, 0) is 22.1 Å². The molecule has 3 rings (SSSR count). The van der Waals surface area contributed by atoms with Gasteiger partial charge in [-0.25, -0.2) is 8.42 Å². The lowest BCUT2D eigenvalue weighted by molar-refractivity contribution is 0.414. The summed E-state index contributed by atoms with van der Waals surface area (Å²) in [6.45, 7) is 0.886. The molecule has 2 aromatic carbocycles. The third-order valence-corrected chi connectivity index (χ3v) is 6.01. The number of benzene rings is 2. The van der Waals surface area contributed by atoms with Crippen molar-refractivity contribution in [2.24, 2.45) is 0 Å². The van der Waals surface area contributed by atoms with Crippen LogP contribution in [0.5, 0.6) is 0 Å². The van der Waals surface area contributed by atoms with Crippen LogP contribution in [0.2, 0.25) is 5.02 Å². The minimum Gasteiger partial charge on any atom is -0.332 e. The SMILES string of the molecule is CN(C)CCc1cn(CS(=O)(=O)c2ccccc2)c2ccc(Cl)cc12. The fraction of sp³-hybridized carbons (Fsp3) is 0.263. The van der Waals surface area contributed by atoms with Gasteiger partial charge in [0, 0.05) is 28.7 Å². The van der Waals surface area contributed by atoms with E-state index in [-0.39, 0.29) is 5.88 Å². The predicted molar refractivity (Wildman–Crippen MR) is 103 cm³/mol. The van der Waals surface area contributed by atoms with Gasteiger partial charge in [-0.2, -0.15) is 0 Å². The number of nitrogens with zero attached hydrogens (tertiary/aromatic N) is 2. The maximum atomic E-state index is 12.7. The third-order valence-electron chi connectivity index (χ3n) is 4.17. The molecule has 25 heavy (non-hydrogen) atoms. The van der Waals surface area contributed by atoms with Crippen molar-refractivity contribution in [2.75, 3.05) is 20.6 Å². The highest BCUT2D eigenvalue weighted by molar-refractivity contribution is 7.90. The van der Waals surface area contributed by atoms with Crippen molar-refractivity contribution in [2.45, 2.75) is 17.2 Å². The first-order chi connectivity index (χ1) is 11.9. The standard InChI is InChI=1S/C19H21ClN2O2S/c1-21(2)11-10-15-13-22(19-9-8-16(20)12-18(15)19)14-25(23,24)17-6-4-3-5-7-17/h3-9,12-13H,10-11,14H2,1-2H3. The van der Waals surface area contributed by atoms with Crippen molar-refractivity contribution in [3.05, 3.63) is 65.3 Å². The maximum absolute atomic E-state index is 12.7. The summed E-state index contributed by atoms with van der Waals surface area (Å²) in [6, 6.07) is 14.1. The summed E-state index contributed by atoms with van der Waals surface area (Å²) in [5.74, 6) is -0.0862. The molecule has 0 fully saturated rings. The minimum absolute atomic E-state index is 0.0862. The molecule has 0 N–H and O–H groups in total. The van der Waals surface area contributed by atoms with Gasteiger partial charge in [-0.05, 0) is 56.4 Å². The zero-order valence-electron chi connectivity index (χ0n) is 14.3. The van der Waals surface area contributed by atoms with Gasteiger partial charge in [0.1, 0.15) is 5.88 Å². The van der Waals surface area contributed by atoms with Crippen LogP contribution in [0.25, 0.3) is 10.9 Å². The van der Waals surface area contributed by atoms with Crippen LogP contribution >= 0.6 is 11.6 Å². The summed E-state index contributed by atoms with van der Waals surface area (Å²) in [5, 5.41) is 1.67. The lowest BCUT2D eigenvalue weighted by Crippen LogP contribution is -2.15. The van der Waals surface area contributed by atoms with Gasteiger partial charge in [0.05, 0.1) is 4.90 Å². The van der Waals surface area contributed by atoms with Crippen LogP contribution in [0.15, 0.2) is 59.6 Å². The van der Waals surface area contributed by atoms with E-state index in [0.29, 0.717) is 9.92 Å². The Morgan fingerprint density at radius 2 is 1.80 bits per heavy atom. The van der Waals surface area contributed by atoms with E-state index < -0.39 is 9.84 Å². The summed E-state index contributed by atoms with van der Waals surface area (Å²) in [5.41, 5.74) is 1.99. The van der Waals surface area contributed by atoms with Gasteiger partial charge >= 0.3 is 0 Å². The van der Waals surface area contributed by atoms with E-state index in [1.54, 1.807) is 34.9 Å². The second-order valence-corrected chi connectivity index (χ2v) is 8.79. The van der Waals surface area contributed by atoms with Crippen molar-refractivity contribution < 1.29 is 8.42 Å². The fourth-order valence-electron chi connectivity index (χ4n) is 2.88. The third kappa shape index (κ3) is 4.06. The van der Waals surface area contributed by atoms with Crippen molar-refractivity contribution in [3.8, 4) is 0 Å². The zero-order valence-corrected chi connectivity index (χ0v) is 15.9. The number of likely N-dealkylation sites (N-methyl/N-ethyl adjacent to an activating group) is 1. The zero-order chi connectivity index (χ0) is 18.0.